The van der Waals surface area contributed by atoms with Crippen LogP contribution < -0.4 is 0 Å². The van der Waals surface area contributed by atoms with Crippen LogP contribution in [0.4, 0.5) is 0 Å². The van der Waals surface area contributed by atoms with Crippen LogP contribution in [-0.2, 0) is 6.42 Å². The third-order valence-corrected chi connectivity index (χ3v) is 5.08. The lowest BCUT2D eigenvalue weighted by molar-refractivity contribution is 0.151. The molecule has 2 fully saturated rings. The average molecular weight is 248 g/mol. The first-order valence-electron chi connectivity index (χ1n) is 6.64. The molecule has 1 aromatic carbocycles. The Kier molecular flexibility index (Phi) is 3.18. The summed E-state index contributed by atoms with van der Waals surface area (Å²) in [6, 6.07) is 8.99. The zero-order valence-electron chi connectivity index (χ0n) is 10.2. The quantitative estimate of drug-likeness (QED) is 0.885. The van der Waals surface area contributed by atoms with E-state index >= 15 is 0 Å². The van der Waals surface area contributed by atoms with Crippen LogP contribution in [0.25, 0.3) is 0 Å². The second-order valence-corrected chi connectivity index (χ2v) is 6.75. The first-order valence-corrected chi connectivity index (χ1v) is 7.80. The highest BCUT2D eigenvalue weighted by Crippen LogP contribution is 2.38. The van der Waals surface area contributed by atoms with Crippen molar-refractivity contribution in [1.29, 1.82) is 0 Å². The van der Waals surface area contributed by atoms with E-state index in [1.807, 2.05) is 0 Å². The van der Waals surface area contributed by atoms with Gasteiger partial charge in [0.05, 0.1) is 5.60 Å². The average Bonchev–Trinajstić information content (AvgIpc) is 3.09. The summed E-state index contributed by atoms with van der Waals surface area (Å²) in [6.45, 7) is 0. The Labute approximate surface area is 108 Å². The second kappa shape index (κ2) is 4.66. The molecule has 2 aliphatic rings. The maximum atomic E-state index is 9.90. The van der Waals surface area contributed by atoms with Crippen molar-refractivity contribution in [1.82, 2.24) is 0 Å². The molecule has 0 radical (unpaired) electrons. The summed E-state index contributed by atoms with van der Waals surface area (Å²) in [4.78, 5) is 0. The Morgan fingerprint density at radius 1 is 1.12 bits per heavy atom. The Hall–Kier alpha value is -0.470. The Bertz CT molecular complexity index is 374. The lowest BCUT2D eigenvalue weighted by Crippen LogP contribution is -2.11. The lowest BCUT2D eigenvalue weighted by Gasteiger charge is -2.22. The van der Waals surface area contributed by atoms with Gasteiger partial charge in [0.15, 0.2) is 0 Å². The highest BCUT2D eigenvalue weighted by atomic mass is 32.2. The van der Waals surface area contributed by atoms with E-state index in [0.717, 1.165) is 25.2 Å². The zero-order chi connectivity index (χ0) is 11.7. The monoisotopic (exact) mass is 248 g/mol. The SMILES string of the molecule is OC1(Cc2ccc(C3CCSCC3)cc2)CC1. The molecule has 0 spiro atoms. The third kappa shape index (κ3) is 2.86. The molecule has 1 aliphatic heterocycles. The van der Waals surface area contributed by atoms with Crippen molar-refractivity contribution in [2.45, 2.75) is 43.6 Å². The smallest absolute Gasteiger partial charge is 0.0690 e. The topological polar surface area (TPSA) is 20.2 Å². The van der Waals surface area contributed by atoms with Gasteiger partial charge in [-0.1, -0.05) is 24.3 Å². The minimum Gasteiger partial charge on any atom is -0.390 e. The van der Waals surface area contributed by atoms with Gasteiger partial charge < -0.3 is 5.11 Å². The van der Waals surface area contributed by atoms with Crippen LogP contribution in [0, 0.1) is 0 Å². The number of rotatable bonds is 3. The van der Waals surface area contributed by atoms with Crippen LogP contribution in [0.3, 0.4) is 0 Å². The molecule has 2 heteroatoms. The second-order valence-electron chi connectivity index (χ2n) is 5.53. The molecule has 1 heterocycles. The van der Waals surface area contributed by atoms with Gasteiger partial charge in [0.25, 0.3) is 0 Å². The predicted octanol–water partition coefficient (Wildman–Crippen LogP) is 3.36. The van der Waals surface area contributed by atoms with Crippen molar-refractivity contribution in [3.05, 3.63) is 35.4 Å². The Morgan fingerprint density at radius 3 is 2.35 bits per heavy atom. The predicted molar refractivity (Wildman–Crippen MR) is 73.6 cm³/mol. The molecule has 0 unspecified atom stereocenters. The summed E-state index contributed by atoms with van der Waals surface area (Å²) in [6.07, 6.45) is 5.46. The van der Waals surface area contributed by atoms with E-state index in [0.29, 0.717) is 0 Å². The summed E-state index contributed by atoms with van der Waals surface area (Å²) in [7, 11) is 0. The van der Waals surface area contributed by atoms with Crippen LogP contribution in [0.15, 0.2) is 24.3 Å². The zero-order valence-corrected chi connectivity index (χ0v) is 11.0. The molecule has 0 atom stereocenters. The van der Waals surface area contributed by atoms with E-state index in [9.17, 15) is 5.11 Å². The highest BCUT2D eigenvalue weighted by Gasteiger charge is 2.39. The molecule has 1 saturated carbocycles. The van der Waals surface area contributed by atoms with Gasteiger partial charge in [0.2, 0.25) is 0 Å². The maximum absolute atomic E-state index is 9.90. The minimum atomic E-state index is -0.358. The number of thioether (sulfide) groups is 1. The van der Waals surface area contributed by atoms with Crippen molar-refractivity contribution < 1.29 is 5.11 Å². The van der Waals surface area contributed by atoms with Crippen LogP contribution in [0.2, 0.25) is 0 Å². The summed E-state index contributed by atoms with van der Waals surface area (Å²) in [5.41, 5.74) is 2.43. The molecule has 17 heavy (non-hydrogen) atoms. The van der Waals surface area contributed by atoms with Gasteiger partial charge in [-0.3, -0.25) is 0 Å². The Balaban J connectivity index is 1.66. The van der Waals surface area contributed by atoms with Crippen molar-refractivity contribution in [3.8, 4) is 0 Å². The largest absolute Gasteiger partial charge is 0.390 e. The van der Waals surface area contributed by atoms with Gasteiger partial charge in [0.1, 0.15) is 0 Å². The number of hydrogen-bond donors (Lipinski definition) is 1. The Morgan fingerprint density at radius 2 is 1.76 bits per heavy atom. The van der Waals surface area contributed by atoms with Crippen LogP contribution in [-0.4, -0.2) is 22.2 Å². The van der Waals surface area contributed by atoms with E-state index in [2.05, 4.69) is 36.0 Å². The van der Waals surface area contributed by atoms with Gasteiger partial charge in [0, 0.05) is 6.42 Å². The van der Waals surface area contributed by atoms with Crippen molar-refractivity contribution in [2.24, 2.45) is 0 Å². The fraction of sp³-hybridized carbons (Fsp3) is 0.600. The van der Waals surface area contributed by atoms with Gasteiger partial charge in [-0.2, -0.15) is 11.8 Å². The molecule has 1 aromatic rings. The van der Waals surface area contributed by atoms with Crippen molar-refractivity contribution in [3.63, 3.8) is 0 Å². The molecule has 1 nitrogen and oxygen atoms in total. The van der Waals surface area contributed by atoms with Crippen LogP contribution in [0.5, 0.6) is 0 Å². The highest BCUT2D eigenvalue weighted by molar-refractivity contribution is 7.99. The summed E-state index contributed by atoms with van der Waals surface area (Å²) >= 11 is 2.08. The van der Waals surface area contributed by atoms with Gasteiger partial charge in [-0.05, 0) is 54.2 Å². The molecule has 0 bridgehead atoms. The molecule has 1 saturated heterocycles. The normalized spacial score (nSPS) is 23.6. The molecule has 0 amide bonds. The number of hydrogen-bond acceptors (Lipinski definition) is 2. The number of benzene rings is 1. The van der Waals surface area contributed by atoms with Crippen LogP contribution in [0.1, 0.15) is 42.7 Å². The first kappa shape index (κ1) is 11.6. The number of aliphatic hydroxyl groups is 1. The van der Waals surface area contributed by atoms with Gasteiger partial charge in [-0.25, -0.2) is 0 Å². The van der Waals surface area contributed by atoms with Gasteiger partial charge in [-0.15, -0.1) is 0 Å². The molecule has 92 valence electrons. The molecular formula is C15H20OS. The minimum absolute atomic E-state index is 0.358. The van der Waals surface area contributed by atoms with E-state index in [1.165, 1.54) is 35.5 Å². The fourth-order valence-corrected chi connectivity index (χ4v) is 3.75. The van der Waals surface area contributed by atoms with Crippen molar-refractivity contribution >= 4 is 11.8 Å². The van der Waals surface area contributed by atoms with E-state index < -0.39 is 0 Å². The summed E-state index contributed by atoms with van der Waals surface area (Å²) in [5, 5.41) is 9.90. The lowest BCUT2D eigenvalue weighted by atomic mass is 9.92. The molecule has 1 N–H and O–H groups in total. The molecule has 1 aliphatic carbocycles. The van der Waals surface area contributed by atoms with E-state index in [-0.39, 0.29) is 5.60 Å². The maximum Gasteiger partial charge on any atom is 0.0690 e. The first-order chi connectivity index (χ1) is 8.25. The summed E-state index contributed by atoms with van der Waals surface area (Å²) < 4.78 is 0. The standard InChI is InChI=1S/C15H20OS/c16-15(7-8-15)11-12-1-3-13(4-2-12)14-5-9-17-10-6-14/h1-4,14,16H,5-11H2. The molecule has 3 rings (SSSR count). The summed E-state index contributed by atoms with van der Waals surface area (Å²) in [5.74, 6) is 3.40. The third-order valence-electron chi connectivity index (χ3n) is 4.03. The fourth-order valence-electron chi connectivity index (χ4n) is 2.64. The van der Waals surface area contributed by atoms with E-state index in [1.54, 1.807) is 0 Å². The van der Waals surface area contributed by atoms with Gasteiger partial charge >= 0.3 is 0 Å². The van der Waals surface area contributed by atoms with E-state index in [4.69, 9.17) is 0 Å². The van der Waals surface area contributed by atoms with Crippen LogP contribution >= 0.6 is 11.8 Å². The van der Waals surface area contributed by atoms with Crippen molar-refractivity contribution in [2.75, 3.05) is 11.5 Å². The molecular weight excluding hydrogens is 228 g/mol. The molecule has 0 aromatic heterocycles.